The number of hydrogen-bond acceptors (Lipinski definition) is 4. The molecule has 1 atom stereocenters. The summed E-state index contributed by atoms with van der Waals surface area (Å²) in [5, 5.41) is 3.09. The highest BCUT2D eigenvalue weighted by atomic mass is 16.5. The molecule has 0 aliphatic heterocycles. The zero-order chi connectivity index (χ0) is 10.6. The van der Waals surface area contributed by atoms with E-state index >= 15 is 0 Å². The zero-order valence-electron chi connectivity index (χ0n) is 8.63. The fraction of sp³-hybridized carbons (Fsp3) is 0.556. The molecule has 0 saturated carbocycles. The quantitative estimate of drug-likeness (QED) is 0.683. The van der Waals surface area contributed by atoms with E-state index < -0.39 is 0 Å². The van der Waals surface area contributed by atoms with Crippen LogP contribution in [0.3, 0.4) is 0 Å². The average Bonchev–Trinajstić information content (AvgIpc) is 2.65. The standard InChI is InChI=1S/C9H15N3O2/c1-6(10-2)4-8-11-5-7(12-8)9(13)14-3/h5-6,10H,4H2,1-3H3,(H,11,12). The van der Waals surface area contributed by atoms with Gasteiger partial charge in [-0.25, -0.2) is 9.78 Å². The van der Waals surface area contributed by atoms with Crippen LogP contribution in [0, 0.1) is 0 Å². The van der Waals surface area contributed by atoms with E-state index in [4.69, 9.17) is 0 Å². The number of esters is 1. The van der Waals surface area contributed by atoms with E-state index in [1.165, 1.54) is 13.3 Å². The maximum absolute atomic E-state index is 11.1. The van der Waals surface area contributed by atoms with Crippen molar-refractivity contribution in [2.45, 2.75) is 19.4 Å². The van der Waals surface area contributed by atoms with E-state index in [1.54, 1.807) is 0 Å². The molecule has 78 valence electrons. The summed E-state index contributed by atoms with van der Waals surface area (Å²) >= 11 is 0. The Bertz CT molecular complexity index is 309. The summed E-state index contributed by atoms with van der Waals surface area (Å²) < 4.78 is 4.56. The molecule has 5 heteroatoms. The Kier molecular flexibility index (Phi) is 3.64. The van der Waals surface area contributed by atoms with Crippen LogP contribution < -0.4 is 5.32 Å². The first kappa shape index (κ1) is 10.7. The number of rotatable bonds is 4. The van der Waals surface area contributed by atoms with Crippen molar-refractivity contribution >= 4 is 5.97 Å². The summed E-state index contributed by atoms with van der Waals surface area (Å²) in [6.45, 7) is 2.04. The Morgan fingerprint density at radius 3 is 3.07 bits per heavy atom. The van der Waals surface area contributed by atoms with Crippen LogP contribution in [0.4, 0.5) is 0 Å². The monoisotopic (exact) mass is 197 g/mol. The van der Waals surface area contributed by atoms with Gasteiger partial charge >= 0.3 is 5.97 Å². The molecule has 2 N–H and O–H groups in total. The van der Waals surface area contributed by atoms with E-state index in [1.807, 2.05) is 14.0 Å². The van der Waals surface area contributed by atoms with Crippen LogP contribution in [0.2, 0.25) is 0 Å². The van der Waals surface area contributed by atoms with Crippen LogP contribution in [-0.4, -0.2) is 36.1 Å². The van der Waals surface area contributed by atoms with Crippen molar-refractivity contribution in [3.8, 4) is 0 Å². The molecule has 0 amide bonds. The van der Waals surface area contributed by atoms with Crippen molar-refractivity contribution in [1.82, 2.24) is 15.3 Å². The van der Waals surface area contributed by atoms with Crippen molar-refractivity contribution in [3.05, 3.63) is 17.7 Å². The van der Waals surface area contributed by atoms with Crippen LogP contribution in [0.5, 0.6) is 0 Å². The Morgan fingerprint density at radius 2 is 2.50 bits per heavy atom. The van der Waals surface area contributed by atoms with Crippen molar-refractivity contribution in [3.63, 3.8) is 0 Å². The number of nitrogens with one attached hydrogen (secondary N) is 2. The van der Waals surface area contributed by atoms with Gasteiger partial charge in [0.1, 0.15) is 11.5 Å². The number of imidazole rings is 1. The van der Waals surface area contributed by atoms with Gasteiger partial charge in [0.05, 0.1) is 13.3 Å². The van der Waals surface area contributed by atoms with E-state index in [-0.39, 0.29) is 5.97 Å². The molecule has 14 heavy (non-hydrogen) atoms. The van der Waals surface area contributed by atoms with Gasteiger partial charge in [0, 0.05) is 12.5 Å². The lowest BCUT2D eigenvalue weighted by Gasteiger charge is -2.06. The van der Waals surface area contributed by atoms with Crippen LogP contribution in [-0.2, 0) is 11.2 Å². The number of aromatic amines is 1. The van der Waals surface area contributed by atoms with Gasteiger partial charge in [0.25, 0.3) is 0 Å². The second-order valence-electron chi connectivity index (χ2n) is 3.13. The van der Waals surface area contributed by atoms with Crippen LogP contribution in [0.25, 0.3) is 0 Å². The number of ether oxygens (including phenoxy) is 1. The first-order valence-electron chi connectivity index (χ1n) is 4.46. The predicted molar refractivity (Wildman–Crippen MR) is 52.2 cm³/mol. The Morgan fingerprint density at radius 1 is 1.79 bits per heavy atom. The average molecular weight is 197 g/mol. The number of carbonyl (C=O) groups excluding carboxylic acids is 1. The molecule has 0 radical (unpaired) electrons. The second-order valence-corrected chi connectivity index (χ2v) is 3.13. The number of nitrogens with zero attached hydrogens (tertiary/aromatic N) is 1. The van der Waals surface area contributed by atoms with Gasteiger partial charge in [-0.05, 0) is 14.0 Å². The molecular weight excluding hydrogens is 182 g/mol. The maximum atomic E-state index is 11.1. The van der Waals surface area contributed by atoms with Crippen molar-refractivity contribution in [1.29, 1.82) is 0 Å². The Balaban J connectivity index is 2.63. The molecule has 0 spiro atoms. The van der Waals surface area contributed by atoms with Crippen LogP contribution >= 0.6 is 0 Å². The third kappa shape index (κ3) is 2.56. The number of H-pyrrole nitrogens is 1. The molecule has 1 unspecified atom stereocenters. The highest BCUT2D eigenvalue weighted by Gasteiger charge is 2.10. The molecule has 0 aliphatic carbocycles. The summed E-state index contributed by atoms with van der Waals surface area (Å²) in [4.78, 5) is 18.1. The van der Waals surface area contributed by atoms with Gasteiger partial charge < -0.3 is 15.0 Å². The fourth-order valence-corrected chi connectivity index (χ4v) is 1.07. The number of hydrogen-bond donors (Lipinski definition) is 2. The lowest BCUT2D eigenvalue weighted by Crippen LogP contribution is -2.24. The van der Waals surface area contributed by atoms with Gasteiger partial charge in [-0.2, -0.15) is 0 Å². The smallest absolute Gasteiger partial charge is 0.356 e. The Labute approximate surface area is 82.9 Å². The van der Waals surface area contributed by atoms with Crippen molar-refractivity contribution < 1.29 is 9.53 Å². The molecule has 0 aliphatic rings. The lowest BCUT2D eigenvalue weighted by molar-refractivity contribution is 0.0594. The largest absolute Gasteiger partial charge is 0.464 e. The molecule has 1 aromatic rings. The molecule has 1 aromatic heterocycles. The van der Waals surface area contributed by atoms with Gasteiger partial charge in [-0.15, -0.1) is 0 Å². The lowest BCUT2D eigenvalue weighted by atomic mass is 10.2. The minimum absolute atomic E-state index is 0.326. The number of methoxy groups -OCH3 is 1. The summed E-state index contributed by atoms with van der Waals surface area (Å²) in [7, 11) is 3.23. The molecule has 1 rings (SSSR count). The fourth-order valence-electron chi connectivity index (χ4n) is 1.07. The summed E-state index contributed by atoms with van der Waals surface area (Å²) in [6, 6.07) is 0.326. The Hall–Kier alpha value is -1.36. The summed E-state index contributed by atoms with van der Waals surface area (Å²) in [6.07, 6.45) is 2.25. The van der Waals surface area contributed by atoms with Gasteiger partial charge in [0.2, 0.25) is 0 Å². The summed E-state index contributed by atoms with van der Waals surface area (Å²) in [5.41, 5.74) is 0.394. The van der Waals surface area contributed by atoms with Gasteiger partial charge in [0.15, 0.2) is 0 Å². The highest BCUT2D eigenvalue weighted by molar-refractivity contribution is 5.86. The molecule has 0 fully saturated rings. The third-order valence-corrected chi connectivity index (χ3v) is 2.03. The van der Waals surface area contributed by atoms with E-state index in [9.17, 15) is 4.79 Å². The third-order valence-electron chi connectivity index (χ3n) is 2.03. The maximum Gasteiger partial charge on any atom is 0.356 e. The first-order chi connectivity index (χ1) is 6.67. The predicted octanol–water partition coefficient (Wildman–Crippen LogP) is 0.347. The van der Waals surface area contributed by atoms with Gasteiger partial charge in [-0.3, -0.25) is 0 Å². The van der Waals surface area contributed by atoms with Crippen LogP contribution in [0.1, 0.15) is 23.2 Å². The minimum atomic E-state index is -0.388. The SMILES string of the molecule is CNC(C)Cc1ncc(C(=O)OC)[nH]1. The molecular formula is C9H15N3O2. The minimum Gasteiger partial charge on any atom is -0.464 e. The second kappa shape index (κ2) is 4.76. The van der Waals surface area contributed by atoms with Gasteiger partial charge in [-0.1, -0.05) is 0 Å². The van der Waals surface area contributed by atoms with Crippen LogP contribution in [0.15, 0.2) is 6.20 Å². The molecule has 0 bridgehead atoms. The first-order valence-corrected chi connectivity index (χ1v) is 4.46. The molecule has 0 aromatic carbocycles. The van der Waals surface area contributed by atoms with E-state index in [2.05, 4.69) is 20.0 Å². The van der Waals surface area contributed by atoms with Crippen molar-refractivity contribution in [2.24, 2.45) is 0 Å². The highest BCUT2D eigenvalue weighted by Crippen LogP contribution is 2.01. The zero-order valence-corrected chi connectivity index (χ0v) is 8.63. The van der Waals surface area contributed by atoms with E-state index in [0.717, 1.165) is 12.2 Å². The summed E-state index contributed by atoms with van der Waals surface area (Å²) in [5.74, 6) is 0.396. The van der Waals surface area contributed by atoms with Crippen molar-refractivity contribution in [2.75, 3.05) is 14.2 Å². The number of carbonyl (C=O) groups is 1. The molecule has 5 nitrogen and oxygen atoms in total. The number of aromatic nitrogens is 2. The molecule has 1 heterocycles. The topological polar surface area (TPSA) is 67.0 Å². The number of likely N-dealkylation sites (N-methyl/N-ethyl adjacent to an activating group) is 1. The molecule has 0 saturated heterocycles. The normalized spacial score (nSPS) is 12.5. The van der Waals surface area contributed by atoms with E-state index in [0.29, 0.717) is 11.7 Å².